The second-order valence-corrected chi connectivity index (χ2v) is 6.52. The summed E-state index contributed by atoms with van der Waals surface area (Å²) < 4.78 is 0. The maximum Gasteiger partial charge on any atom is 0.314 e. The Labute approximate surface area is 138 Å². The number of amides is 3. The molecule has 2 N–H and O–H groups in total. The summed E-state index contributed by atoms with van der Waals surface area (Å²) in [6.07, 6.45) is 1.30. The lowest BCUT2D eigenvalue weighted by molar-refractivity contribution is -0.131. The predicted molar refractivity (Wildman–Crippen MR) is 91.0 cm³/mol. The Kier molecular flexibility index (Phi) is 6.02. The van der Waals surface area contributed by atoms with Crippen LogP contribution >= 0.6 is 0 Å². The lowest BCUT2D eigenvalue weighted by Crippen LogP contribution is -2.40. The van der Waals surface area contributed by atoms with Crippen LogP contribution in [0.1, 0.15) is 38.2 Å². The molecule has 5 nitrogen and oxygen atoms in total. The number of nitrogens with two attached hydrogens (primary N) is 1. The van der Waals surface area contributed by atoms with E-state index in [9.17, 15) is 9.59 Å². The lowest BCUT2D eigenvalue weighted by Gasteiger charge is -2.26. The van der Waals surface area contributed by atoms with Gasteiger partial charge in [-0.1, -0.05) is 44.2 Å². The van der Waals surface area contributed by atoms with E-state index in [2.05, 4.69) is 26.0 Å². The van der Waals surface area contributed by atoms with Gasteiger partial charge in [0.25, 0.3) is 0 Å². The van der Waals surface area contributed by atoms with Gasteiger partial charge in [-0.3, -0.25) is 4.79 Å². The predicted octanol–water partition coefficient (Wildman–Crippen LogP) is 2.43. The van der Waals surface area contributed by atoms with Crippen LogP contribution < -0.4 is 5.73 Å². The molecule has 1 fully saturated rings. The normalized spacial score (nSPS) is 17.0. The molecule has 3 amide bonds. The van der Waals surface area contributed by atoms with E-state index in [1.54, 1.807) is 4.90 Å². The maximum atomic E-state index is 12.7. The molecule has 1 heterocycles. The van der Waals surface area contributed by atoms with Crippen molar-refractivity contribution < 1.29 is 9.59 Å². The second kappa shape index (κ2) is 7.99. The Morgan fingerprint density at radius 1 is 1.04 bits per heavy atom. The van der Waals surface area contributed by atoms with Gasteiger partial charge in [-0.05, 0) is 23.8 Å². The topological polar surface area (TPSA) is 66.6 Å². The van der Waals surface area contributed by atoms with Crippen LogP contribution in [0.4, 0.5) is 4.79 Å². The third kappa shape index (κ3) is 4.71. The molecule has 0 bridgehead atoms. The molecule has 0 aromatic heterocycles. The zero-order chi connectivity index (χ0) is 16.8. The quantitative estimate of drug-likeness (QED) is 0.927. The summed E-state index contributed by atoms with van der Waals surface area (Å²) in [5, 5.41) is 0. The van der Waals surface area contributed by atoms with Gasteiger partial charge >= 0.3 is 6.03 Å². The van der Waals surface area contributed by atoms with Crippen molar-refractivity contribution in [2.45, 2.75) is 32.6 Å². The summed E-state index contributed by atoms with van der Waals surface area (Å²) in [7, 11) is 0. The molecular formula is C18H27N3O2. The van der Waals surface area contributed by atoms with Gasteiger partial charge in [-0.25, -0.2) is 4.79 Å². The minimum absolute atomic E-state index is 0.166. The SMILES string of the molecule is CC(C)[C@H](CC(=O)N1CCCN(C(N)=O)CC1)c1ccccc1. The molecule has 1 aromatic carbocycles. The summed E-state index contributed by atoms with van der Waals surface area (Å²) in [6.45, 7) is 6.73. The molecule has 126 valence electrons. The van der Waals surface area contributed by atoms with E-state index < -0.39 is 6.03 Å². The molecule has 1 atom stereocenters. The van der Waals surface area contributed by atoms with E-state index in [0.717, 1.165) is 6.42 Å². The molecule has 0 unspecified atom stereocenters. The third-order valence-corrected chi connectivity index (χ3v) is 4.59. The first kappa shape index (κ1) is 17.3. The number of primary amides is 1. The fraction of sp³-hybridized carbons (Fsp3) is 0.556. The molecule has 0 radical (unpaired) electrons. The number of hydrogen-bond acceptors (Lipinski definition) is 2. The van der Waals surface area contributed by atoms with Gasteiger partial charge < -0.3 is 15.5 Å². The van der Waals surface area contributed by atoms with E-state index in [4.69, 9.17) is 5.73 Å². The van der Waals surface area contributed by atoms with Crippen molar-refractivity contribution in [3.8, 4) is 0 Å². The highest BCUT2D eigenvalue weighted by Crippen LogP contribution is 2.28. The van der Waals surface area contributed by atoms with Crippen LogP contribution in [0.15, 0.2) is 30.3 Å². The highest BCUT2D eigenvalue weighted by molar-refractivity contribution is 5.77. The number of rotatable bonds is 4. The summed E-state index contributed by atoms with van der Waals surface area (Å²) in [6, 6.07) is 9.82. The first-order chi connectivity index (χ1) is 11.0. The standard InChI is InChI=1S/C18H27N3O2/c1-14(2)16(15-7-4-3-5-8-15)13-17(22)20-9-6-10-21(12-11-20)18(19)23/h3-5,7-8,14,16H,6,9-13H2,1-2H3,(H2,19,23)/t16-/m0/s1. The largest absolute Gasteiger partial charge is 0.351 e. The van der Waals surface area contributed by atoms with Crippen molar-refractivity contribution in [2.24, 2.45) is 11.7 Å². The van der Waals surface area contributed by atoms with Gasteiger partial charge in [0, 0.05) is 32.6 Å². The molecule has 1 aliphatic heterocycles. The molecule has 1 saturated heterocycles. The Hall–Kier alpha value is -2.04. The molecule has 0 aliphatic carbocycles. The number of nitrogens with zero attached hydrogens (tertiary/aromatic N) is 2. The van der Waals surface area contributed by atoms with Gasteiger partial charge in [0.05, 0.1) is 0 Å². The molecule has 1 aromatic rings. The number of hydrogen-bond donors (Lipinski definition) is 1. The van der Waals surface area contributed by atoms with E-state index in [1.807, 2.05) is 23.1 Å². The van der Waals surface area contributed by atoms with Crippen LogP contribution in [-0.2, 0) is 4.79 Å². The van der Waals surface area contributed by atoms with E-state index in [-0.39, 0.29) is 11.8 Å². The minimum atomic E-state index is -0.399. The molecule has 23 heavy (non-hydrogen) atoms. The van der Waals surface area contributed by atoms with Crippen molar-refractivity contribution in [3.05, 3.63) is 35.9 Å². The average molecular weight is 317 g/mol. The Balaban J connectivity index is 2.00. The van der Waals surface area contributed by atoms with Gasteiger partial charge in [0.1, 0.15) is 0 Å². The summed E-state index contributed by atoms with van der Waals surface area (Å²) >= 11 is 0. The van der Waals surface area contributed by atoms with Crippen molar-refractivity contribution in [2.75, 3.05) is 26.2 Å². The van der Waals surface area contributed by atoms with Crippen LogP contribution in [-0.4, -0.2) is 47.9 Å². The zero-order valence-corrected chi connectivity index (χ0v) is 14.1. The van der Waals surface area contributed by atoms with Gasteiger partial charge in [0.15, 0.2) is 0 Å². The molecule has 5 heteroatoms. The number of benzene rings is 1. The highest BCUT2D eigenvalue weighted by atomic mass is 16.2. The van der Waals surface area contributed by atoms with E-state index >= 15 is 0 Å². The van der Waals surface area contributed by atoms with Crippen LogP contribution in [0.25, 0.3) is 0 Å². The van der Waals surface area contributed by atoms with Gasteiger partial charge in [0.2, 0.25) is 5.91 Å². The smallest absolute Gasteiger partial charge is 0.314 e. The molecule has 0 saturated carbocycles. The van der Waals surface area contributed by atoms with Crippen molar-refractivity contribution in [1.82, 2.24) is 9.80 Å². The fourth-order valence-corrected chi connectivity index (χ4v) is 3.14. The average Bonchev–Trinajstić information content (AvgIpc) is 2.79. The first-order valence-corrected chi connectivity index (χ1v) is 8.36. The van der Waals surface area contributed by atoms with Crippen LogP contribution in [0.3, 0.4) is 0 Å². The zero-order valence-electron chi connectivity index (χ0n) is 14.1. The Morgan fingerprint density at radius 2 is 1.65 bits per heavy atom. The third-order valence-electron chi connectivity index (χ3n) is 4.59. The van der Waals surface area contributed by atoms with E-state index in [0.29, 0.717) is 38.5 Å². The second-order valence-electron chi connectivity index (χ2n) is 6.52. The first-order valence-electron chi connectivity index (χ1n) is 8.36. The van der Waals surface area contributed by atoms with E-state index in [1.165, 1.54) is 5.56 Å². The van der Waals surface area contributed by atoms with Crippen LogP contribution in [0.5, 0.6) is 0 Å². The molecule has 0 spiro atoms. The Morgan fingerprint density at radius 3 is 2.26 bits per heavy atom. The Bertz CT molecular complexity index is 530. The summed E-state index contributed by atoms with van der Waals surface area (Å²) in [5.41, 5.74) is 6.55. The monoisotopic (exact) mass is 317 g/mol. The van der Waals surface area contributed by atoms with Gasteiger partial charge in [-0.15, -0.1) is 0 Å². The van der Waals surface area contributed by atoms with Gasteiger partial charge in [-0.2, -0.15) is 0 Å². The molecule has 1 aliphatic rings. The van der Waals surface area contributed by atoms with Crippen LogP contribution in [0, 0.1) is 5.92 Å². The maximum absolute atomic E-state index is 12.7. The number of carbonyl (C=O) groups excluding carboxylic acids is 2. The molecular weight excluding hydrogens is 290 g/mol. The number of carbonyl (C=O) groups is 2. The molecule has 2 rings (SSSR count). The van der Waals surface area contributed by atoms with Crippen LogP contribution in [0.2, 0.25) is 0 Å². The fourth-order valence-electron chi connectivity index (χ4n) is 3.14. The summed E-state index contributed by atoms with van der Waals surface area (Å²) in [4.78, 5) is 27.5. The highest BCUT2D eigenvalue weighted by Gasteiger charge is 2.25. The van der Waals surface area contributed by atoms with Crippen molar-refractivity contribution >= 4 is 11.9 Å². The minimum Gasteiger partial charge on any atom is -0.351 e. The number of urea groups is 1. The van der Waals surface area contributed by atoms with Crippen molar-refractivity contribution in [1.29, 1.82) is 0 Å². The lowest BCUT2D eigenvalue weighted by atomic mass is 9.85. The summed E-state index contributed by atoms with van der Waals surface area (Å²) in [5.74, 6) is 0.786. The van der Waals surface area contributed by atoms with Crippen molar-refractivity contribution in [3.63, 3.8) is 0 Å².